The van der Waals surface area contributed by atoms with Crippen molar-refractivity contribution in [3.63, 3.8) is 0 Å². The molecule has 16 heavy (non-hydrogen) atoms. The lowest BCUT2D eigenvalue weighted by molar-refractivity contribution is 0.619. The van der Waals surface area contributed by atoms with Gasteiger partial charge in [0.25, 0.3) is 0 Å². The third-order valence-electron chi connectivity index (χ3n) is 2.17. The first-order valence-electron chi connectivity index (χ1n) is 4.67. The lowest BCUT2D eigenvalue weighted by atomic mass is 10.2. The predicted octanol–water partition coefficient (Wildman–Crippen LogP) is 3.32. The minimum Gasteiger partial charge on any atom is -0.337 e. The van der Waals surface area contributed by atoms with Crippen molar-refractivity contribution in [3.05, 3.63) is 47.1 Å². The molecule has 0 unspecified atom stereocenters. The van der Waals surface area contributed by atoms with E-state index in [2.05, 4.69) is 15.3 Å². The van der Waals surface area contributed by atoms with Gasteiger partial charge in [-0.3, -0.25) is 0 Å². The third-order valence-corrected chi connectivity index (χ3v) is 2.45. The van der Waals surface area contributed by atoms with Gasteiger partial charge in [0.05, 0.1) is 0 Å². The first-order valence-corrected chi connectivity index (χ1v) is 5.05. The van der Waals surface area contributed by atoms with Crippen LogP contribution in [0, 0.1) is 12.7 Å². The number of rotatable bonds is 2. The molecule has 3 nitrogen and oxygen atoms in total. The average molecular weight is 238 g/mol. The zero-order chi connectivity index (χ0) is 11.5. The van der Waals surface area contributed by atoms with Crippen LogP contribution in [0.4, 0.5) is 15.9 Å². The van der Waals surface area contributed by atoms with Crippen LogP contribution in [0.5, 0.6) is 0 Å². The first kappa shape index (κ1) is 10.8. The summed E-state index contributed by atoms with van der Waals surface area (Å²) < 4.78 is 13.3. The molecule has 0 atom stereocenters. The fourth-order valence-corrected chi connectivity index (χ4v) is 1.43. The Kier molecular flexibility index (Phi) is 3.01. The van der Waals surface area contributed by atoms with Crippen LogP contribution in [0.3, 0.4) is 0 Å². The summed E-state index contributed by atoms with van der Waals surface area (Å²) in [5, 5.41) is 3.19. The maximum absolute atomic E-state index is 13.3. The molecule has 2 aromatic rings. The quantitative estimate of drug-likeness (QED) is 0.871. The molecule has 0 fully saturated rings. The van der Waals surface area contributed by atoms with Crippen molar-refractivity contribution < 1.29 is 4.39 Å². The molecule has 0 amide bonds. The van der Waals surface area contributed by atoms with Gasteiger partial charge in [-0.15, -0.1) is 0 Å². The zero-order valence-corrected chi connectivity index (χ0v) is 9.29. The Hall–Kier alpha value is -1.68. The lowest BCUT2D eigenvalue weighted by Gasteiger charge is -2.09. The monoisotopic (exact) mass is 237 g/mol. The number of anilines is 2. The minimum atomic E-state index is -0.273. The van der Waals surface area contributed by atoms with Gasteiger partial charge >= 0.3 is 0 Å². The van der Waals surface area contributed by atoms with E-state index in [0.717, 1.165) is 0 Å². The van der Waals surface area contributed by atoms with Crippen LogP contribution in [0.15, 0.2) is 30.6 Å². The molecule has 0 radical (unpaired) electrons. The van der Waals surface area contributed by atoms with E-state index >= 15 is 0 Å². The van der Waals surface area contributed by atoms with Gasteiger partial charge in [0.15, 0.2) is 11.0 Å². The Morgan fingerprint density at radius 3 is 2.75 bits per heavy atom. The summed E-state index contributed by atoms with van der Waals surface area (Å²) >= 11 is 5.84. The molecular weight excluding hydrogens is 229 g/mol. The Labute approximate surface area is 97.3 Å². The summed E-state index contributed by atoms with van der Waals surface area (Å²) in [7, 11) is 0. The summed E-state index contributed by atoms with van der Waals surface area (Å²) in [5.74, 6) is 0.142. The number of benzene rings is 1. The van der Waals surface area contributed by atoms with Crippen molar-refractivity contribution in [1.82, 2.24) is 9.97 Å². The maximum Gasteiger partial charge on any atom is 0.171 e. The number of hydrogen-bond donors (Lipinski definition) is 1. The molecule has 0 saturated carbocycles. The van der Waals surface area contributed by atoms with Gasteiger partial charge < -0.3 is 5.32 Å². The van der Waals surface area contributed by atoms with Gasteiger partial charge in [-0.25, -0.2) is 14.4 Å². The highest BCUT2D eigenvalue weighted by Crippen LogP contribution is 2.24. The lowest BCUT2D eigenvalue weighted by Crippen LogP contribution is -1.98. The molecule has 0 saturated heterocycles. The van der Waals surface area contributed by atoms with E-state index in [1.807, 2.05) is 0 Å². The standard InChI is InChI=1S/C11H9ClFN3/c1-7-8(13)3-2-4-9(7)16-11-10(12)14-5-6-15-11/h2-6H,1H3,(H,15,16). The molecule has 5 heteroatoms. The Morgan fingerprint density at radius 2 is 2.00 bits per heavy atom. The second-order valence-corrected chi connectivity index (χ2v) is 3.59. The molecule has 2 rings (SSSR count). The number of halogens is 2. The fraction of sp³-hybridized carbons (Fsp3) is 0.0909. The normalized spacial score (nSPS) is 10.2. The number of aromatic nitrogens is 2. The predicted molar refractivity (Wildman–Crippen MR) is 61.5 cm³/mol. The van der Waals surface area contributed by atoms with Crippen LogP contribution < -0.4 is 5.32 Å². The van der Waals surface area contributed by atoms with Crippen LogP contribution in [0.25, 0.3) is 0 Å². The summed E-state index contributed by atoms with van der Waals surface area (Å²) in [6.45, 7) is 1.68. The highest BCUT2D eigenvalue weighted by Gasteiger charge is 2.06. The average Bonchev–Trinajstić information content (AvgIpc) is 2.28. The largest absolute Gasteiger partial charge is 0.337 e. The van der Waals surface area contributed by atoms with Crippen molar-refractivity contribution in [3.8, 4) is 0 Å². The van der Waals surface area contributed by atoms with Crippen LogP contribution in [-0.2, 0) is 0 Å². The molecule has 0 bridgehead atoms. The second kappa shape index (κ2) is 4.45. The molecule has 1 aromatic heterocycles. The van der Waals surface area contributed by atoms with Crippen LogP contribution in [0.1, 0.15) is 5.56 Å². The van der Waals surface area contributed by atoms with Gasteiger partial charge in [-0.05, 0) is 19.1 Å². The van der Waals surface area contributed by atoms with E-state index in [0.29, 0.717) is 17.1 Å². The van der Waals surface area contributed by atoms with Gasteiger partial charge in [0.2, 0.25) is 0 Å². The van der Waals surface area contributed by atoms with E-state index in [9.17, 15) is 4.39 Å². The van der Waals surface area contributed by atoms with E-state index in [1.165, 1.54) is 18.5 Å². The summed E-state index contributed by atoms with van der Waals surface area (Å²) in [5.41, 5.74) is 1.15. The third kappa shape index (κ3) is 2.12. The van der Waals surface area contributed by atoms with Gasteiger partial charge in [-0.2, -0.15) is 0 Å². The Morgan fingerprint density at radius 1 is 1.25 bits per heavy atom. The summed E-state index contributed by atoms with van der Waals surface area (Å²) in [6, 6.07) is 4.77. The highest BCUT2D eigenvalue weighted by molar-refractivity contribution is 6.31. The molecule has 0 aliphatic heterocycles. The van der Waals surface area contributed by atoms with Gasteiger partial charge in [0.1, 0.15) is 5.82 Å². The van der Waals surface area contributed by atoms with E-state index in [4.69, 9.17) is 11.6 Å². The van der Waals surface area contributed by atoms with Gasteiger partial charge in [0, 0.05) is 23.6 Å². The number of hydrogen-bond acceptors (Lipinski definition) is 3. The van der Waals surface area contributed by atoms with E-state index in [1.54, 1.807) is 19.1 Å². The zero-order valence-electron chi connectivity index (χ0n) is 8.54. The van der Waals surface area contributed by atoms with Crippen molar-refractivity contribution >= 4 is 23.1 Å². The minimum absolute atomic E-state index is 0.256. The first-order chi connectivity index (χ1) is 7.68. The van der Waals surface area contributed by atoms with Crippen molar-refractivity contribution in [2.75, 3.05) is 5.32 Å². The van der Waals surface area contributed by atoms with Crippen molar-refractivity contribution in [1.29, 1.82) is 0 Å². The van der Waals surface area contributed by atoms with Crippen LogP contribution >= 0.6 is 11.6 Å². The summed E-state index contributed by atoms with van der Waals surface area (Å²) in [4.78, 5) is 7.89. The van der Waals surface area contributed by atoms with E-state index in [-0.39, 0.29) is 11.0 Å². The van der Waals surface area contributed by atoms with Crippen LogP contribution in [0.2, 0.25) is 5.15 Å². The molecule has 1 heterocycles. The molecule has 1 N–H and O–H groups in total. The van der Waals surface area contributed by atoms with Crippen LogP contribution in [-0.4, -0.2) is 9.97 Å². The smallest absolute Gasteiger partial charge is 0.171 e. The van der Waals surface area contributed by atoms with Crippen molar-refractivity contribution in [2.24, 2.45) is 0 Å². The highest BCUT2D eigenvalue weighted by atomic mass is 35.5. The fourth-order valence-electron chi connectivity index (χ4n) is 1.28. The van der Waals surface area contributed by atoms with Crippen molar-refractivity contribution in [2.45, 2.75) is 6.92 Å². The molecule has 82 valence electrons. The topological polar surface area (TPSA) is 37.8 Å². The van der Waals surface area contributed by atoms with E-state index < -0.39 is 0 Å². The maximum atomic E-state index is 13.3. The SMILES string of the molecule is Cc1c(F)cccc1Nc1nccnc1Cl. The molecule has 0 spiro atoms. The molecule has 0 aliphatic carbocycles. The molecule has 0 aliphatic rings. The molecule has 1 aromatic carbocycles. The summed E-state index contributed by atoms with van der Waals surface area (Å²) in [6.07, 6.45) is 3.01. The second-order valence-electron chi connectivity index (χ2n) is 3.23. The number of nitrogens with one attached hydrogen (secondary N) is 1. The number of nitrogens with zero attached hydrogens (tertiary/aromatic N) is 2. The Balaban J connectivity index is 2.35. The molecular formula is C11H9ClFN3. The Bertz CT molecular complexity index is 516. The van der Waals surface area contributed by atoms with Gasteiger partial charge in [-0.1, -0.05) is 17.7 Å².